The lowest BCUT2D eigenvalue weighted by atomic mass is 10.1. The highest BCUT2D eigenvalue weighted by atomic mass is 15.3. The standard InChI is InChI=1S/C20H24N6/c1-3-7-16(8-4-1)26-20-18(13-23-26)19(21-15-22-20)25-12-9-17(14-25)24-10-5-2-6-11-24/h1,3-4,7-8,13,15,17H,2,5-6,9-12,14H2/t17-/m1/s1. The summed E-state index contributed by atoms with van der Waals surface area (Å²) in [5.41, 5.74) is 1.90. The summed E-state index contributed by atoms with van der Waals surface area (Å²) in [6, 6.07) is 10.8. The van der Waals surface area contributed by atoms with E-state index in [1.54, 1.807) is 6.33 Å². The Labute approximate surface area is 153 Å². The van der Waals surface area contributed by atoms with E-state index >= 15 is 0 Å². The van der Waals surface area contributed by atoms with Crippen molar-refractivity contribution in [2.75, 3.05) is 31.1 Å². The van der Waals surface area contributed by atoms with Gasteiger partial charge in [0.05, 0.1) is 17.3 Å². The van der Waals surface area contributed by atoms with Crippen LogP contribution in [0.15, 0.2) is 42.9 Å². The minimum absolute atomic E-state index is 0.657. The molecule has 0 unspecified atom stereocenters. The second-order valence-corrected chi connectivity index (χ2v) is 7.31. The molecule has 2 saturated heterocycles. The Bertz CT molecular complexity index is 884. The molecule has 0 amide bonds. The zero-order chi connectivity index (χ0) is 17.3. The van der Waals surface area contributed by atoms with Gasteiger partial charge in [0.1, 0.15) is 12.1 Å². The van der Waals surface area contributed by atoms with Gasteiger partial charge in [0.25, 0.3) is 0 Å². The lowest BCUT2D eigenvalue weighted by molar-refractivity contribution is 0.175. The highest BCUT2D eigenvalue weighted by Gasteiger charge is 2.30. The molecule has 6 heteroatoms. The molecule has 0 saturated carbocycles. The van der Waals surface area contributed by atoms with E-state index in [2.05, 4.69) is 37.0 Å². The molecule has 26 heavy (non-hydrogen) atoms. The van der Waals surface area contributed by atoms with Gasteiger partial charge in [-0.25, -0.2) is 14.6 Å². The predicted octanol–water partition coefficient (Wildman–Crippen LogP) is 2.88. The van der Waals surface area contributed by atoms with E-state index in [0.717, 1.165) is 35.6 Å². The van der Waals surface area contributed by atoms with Gasteiger partial charge in [-0.15, -0.1) is 0 Å². The molecule has 0 N–H and O–H groups in total. The molecule has 0 aliphatic carbocycles. The molecule has 0 spiro atoms. The van der Waals surface area contributed by atoms with Gasteiger partial charge in [-0.3, -0.25) is 4.90 Å². The zero-order valence-electron chi connectivity index (χ0n) is 15.0. The molecule has 1 aromatic carbocycles. The molecule has 5 rings (SSSR count). The maximum atomic E-state index is 4.62. The molecular weight excluding hydrogens is 324 g/mol. The van der Waals surface area contributed by atoms with E-state index < -0.39 is 0 Å². The Morgan fingerprint density at radius 3 is 2.62 bits per heavy atom. The summed E-state index contributed by atoms with van der Waals surface area (Å²) in [6.07, 6.45) is 8.88. The average Bonchev–Trinajstić information content (AvgIpc) is 3.37. The van der Waals surface area contributed by atoms with Gasteiger partial charge in [0.15, 0.2) is 5.65 Å². The van der Waals surface area contributed by atoms with Gasteiger partial charge in [0, 0.05) is 19.1 Å². The number of hydrogen-bond donors (Lipinski definition) is 0. The van der Waals surface area contributed by atoms with Crippen molar-refractivity contribution in [2.24, 2.45) is 0 Å². The van der Waals surface area contributed by atoms with Gasteiger partial charge in [-0.2, -0.15) is 5.10 Å². The molecule has 1 atom stereocenters. The van der Waals surface area contributed by atoms with Crippen LogP contribution in [0.4, 0.5) is 5.82 Å². The summed E-state index contributed by atoms with van der Waals surface area (Å²) in [5, 5.41) is 5.62. The molecule has 4 heterocycles. The number of nitrogens with zero attached hydrogens (tertiary/aromatic N) is 6. The first kappa shape index (κ1) is 15.8. The van der Waals surface area contributed by atoms with Crippen LogP contribution in [0.1, 0.15) is 25.7 Å². The van der Waals surface area contributed by atoms with Crippen molar-refractivity contribution >= 4 is 16.9 Å². The van der Waals surface area contributed by atoms with Crippen LogP contribution < -0.4 is 4.90 Å². The van der Waals surface area contributed by atoms with E-state index in [1.807, 2.05) is 29.1 Å². The van der Waals surface area contributed by atoms with Crippen molar-refractivity contribution in [3.8, 4) is 5.69 Å². The van der Waals surface area contributed by atoms with Crippen LogP contribution in [-0.4, -0.2) is 56.9 Å². The van der Waals surface area contributed by atoms with Gasteiger partial charge >= 0.3 is 0 Å². The highest BCUT2D eigenvalue weighted by Crippen LogP contribution is 2.29. The second kappa shape index (κ2) is 6.68. The number of hydrogen-bond acceptors (Lipinski definition) is 5. The number of benzene rings is 1. The molecule has 2 aromatic heterocycles. The number of likely N-dealkylation sites (tertiary alicyclic amines) is 1. The smallest absolute Gasteiger partial charge is 0.168 e. The molecule has 2 aliphatic heterocycles. The molecule has 6 nitrogen and oxygen atoms in total. The SMILES string of the molecule is c1ccc(-n2ncc3c(N4CC[C@@H](N5CCCCC5)C4)ncnc32)cc1. The van der Waals surface area contributed by atoms with E-state index in [9.17, 15) is 0 Å². The summed E-state index contributed by atoms with van der Waals surface area (Å²) in [7, 11) is 0. The fraction of sp³-hybridized carbons (Fsp3) is 0.450. The number of anilines is 1. The van der Waals surface area contributed by atoms with Crippen molar-refractivity contribution in [2.45, 2.75) is 31.7 Å². The fourth-order valence-corrected chi connectivity index (χ4v) is 4.36. The first-order chi connectivity index (χ1) is 12.9. The minimum atomic E-state index is 0.657. The van der Waals surface area contributed by atoms with Crippen LogP contribution in [-0.2, 0) is 0 Å². The van der Waals surface area contributed by atoms with Crippen LogP contribution in [0.2, 0.25) is 0 Å². The molecule has 2 aliphatic rings. The lowest BCUT2D eigenvalue weighted by Gasteiger charge is -2.32. The fourth-order valence-electron chi connectivity index (χ4n) is 4.36. The molecular formula is C20H24N6. The van der Waals surface area contributed by atoms with Crippen LogP contribution in [0.3, 0.4) is 0 Å². The van der Waals surface area contributed by atoms with Crippen molar-refractivity contribution in [1.29, 1.82) is 0 Å². The van der Waals surface area contributed by atoms with Crippen molar-refractivity contribution < 1.29 is 0 Å². The van der Waals surface area contributed by atoms with Crippen LogP contribution in [0, 0.1) is 0 Å². The molecule has 2 fully saturated rings. The van der Waals surface area contributed by atoms with Gasteiger partial charge in [0.2, 0.25) is 0 Å². The maximum Gasteiger partial charge on any atom is 0.168 e. The quantitative estimate of drug-likeness (QED) is 0.728. The summed E-state index contributed by atoms with van der Waals surface area (Å²) >= 11 is 0. The van der Waals surface area contributed by atoms with Crippen LogP contribution >= 0.6 is 0 Å². The monoisotopic (exact) mass is 348 g/mol. The number of rotatable bonds is 3. The second-order valence-electron chi connectivity index (χ2n) is 7.31. The molecule has 0 radical (unpaired) electrons. The summed E-state index contributed by atoms with van der Waals surface area (Å²) in [5.74, 6) is 1.02. The summed E-state index contributed by atoms with van der Waals surface area (Å²) in [6.45, 7) is 4.62. The number of fused-ring (bicyclic) bond motifs is 1. The average molecular weight is 348 g/mol. The lowest BCUT2D eigenvalue weighted by Crippen LogP contribution is -2.41. The highest BCUT2D eigenvalue weighted by molar-refractivity contribution is 5.87. The zero-order valence-corrected chi connectivity index (χ0v) is 15.0. The van der Waals surface area contributed by atoms with E-state index in [1.165, 1.54) is 38.8 Å². The Morgan fingerprint density at radius 2 is 1.77 bits per heavy atom. The van der Waals surface area contributed by atoms with E-state index in [4.69, 9.17) is 0 Å². The maximum absolute atomic E-state index is 4.62. The Hall–Kier alpha value is -2.47. The van der Waals surface area contributed by atoms with Crippen molar-refractivity contribution in [1.82, 2.24) is 24.6 Å². The predicted molar refractivity (Wildman–Crippen MR) is 103 cm³/mol. The summed E-state index contributed by atoms with van der Waals surface area (Å²) < 4.78 is 1.90. The van der Waals surface area contributed by atoms with Crippen LogP contribution in [0.25, 0.3) is 16.7 Å². The van der Waals surface area contributed by atoms with Crippen molar-refractivity contribution in [3.63, 3.8) is 0 Å². The van der Waals surface area contributed by atoms with Crippen molar-refractivity contribution in [3.05, 3.63) is 42.9 Å². The third kappa shape index (κ3) is 2.74. The normalized spacial score (nSPS) is 21.5. The third-order valence-corrected chi connectivity index (χ3v) is 5.72. The third-order valence-electron chi connectivity index (χ3n) is 5.72. The minimum Gasteiger partial charge on any atom is -0.354 e. The van der Waals surface area contributed by atoms with Crippen LogP contribution in [0.5, 0.6) is 0 Å². The first-order valence-electron chi connectivity index (χ1n) is 9.63. The number of aromatic nitrogens is 4. The number of para-hydroxylation sites is 1. The molecule has 134 valence electrons. The molecule has 0 bridgehead atoms. The Kier molecular flexibility index (Phi) is 4.05. The van der Waals surface area contributed by atoms with Gasteiger partial charge in [-0.1, -0.05) is 24.6 Å². The largest absolute Gasteiger partial charge is 0.354 e. The summed E-state index contributed by atoms with van der Waals surface area (Å²) in [4.78, 5) is 14.2. The number of piperidine rings is 1. The molecule has 3 aromatic rings. The van der Waals surface area contributed by atoms with Gasteiger partial charge in [-0.05, 0) is 44.5 Å². The van der Waals surface area contributed by atoms with E-state index in [-0.39, 0.29) is 0 Å². The van der Waals surface area contributed by atoms with E-state index in [0.29, 0.717) is 6.04 Å². The Balaban J connectivity index is 1.44. The Morgan fingerprint density at radius 1 is 0.923 bits per heavy atom. The van der Waals surface area contributed by atoms with Gasteiger partial charge < -0.3 is 4.90 Å². The topological polar surface area (TPSA) is 50.1 Å². The first-order valence-corrected chi connectivity index (χ1v) is 9.63.